The maximum Gasteiger partial charge on any atom is 0.253 e. The fourth-order valence-electron chi connectivity index (χ4n) is 2.91. The number of rotatable bonds is 4. The van der Waals surface area contributed by atoms with Gasteiger partial charge in [0, 0.05) is 30.2 Å². The van der Waals surface area contributed by atoms with Gasteiger partial charge < -0.3 is 15.5 Å². The third-order valence-corrected chi connectivity index (χ3v) is 4.82. The van der Waals surface area contributed by atoms with Gasteiger partial charge >= 0.3 is 0 Å². The molecule has 3 amide bonds. The lowest BCUT2D eigenvalue weighted by molar-refractivity contribution is -0.122. The molecular weight excluding hydrogens is 398 g/mol. The van der Waals surface area contributed by atoms with Gasteiger partial charge in [0.15, 0.2) is 0 Å². The van der Waals surface area contributed by atoms with E-state index in [0.29, 0.717) is 17.8 Å². The first-order chi connectivity index (χ1) is 12.5. The summed E-state index contributed by atoms with van der Waals surface area (Å²) >= 11 is 3.37. The van der Waals surface area contributed by atoms with Crippen molar-refractivity contribution >= 4 is 45.0 Å². The Kier molecular flexibility index (Phi) is 5.37. The summed E-state index contributed by atoms with van der Waals surface area (Å²) in [5, 5.41) is 5.33. The lowest BCUT2D eigenvalue weighted by atomic mass is 10.1. The summed E-state index contributed by atoms with van der Waals surface area (Å²) in [5.74, 6) is -1.11. The Bertz CT molecular complexity index is 851. The lowest BCUT2D eigenvalue weighted by Gasteiger charge is -2.17. The van der Waals surface area contributed by atoms with E-state index in [-0.39, 0.29) is 24.1 Å². The molecule has 2 aromatic carbocycles. The van der Waals surface area contributed by atoms with Crippen LogP contribution in [-0.4, -0.2) is 31.3 Å². The highest BCUT2D eigenvalue weighted by Crippen LogP contribution is 2.27. The molecule has 2 N–H and O–H groups in total. The van der Waals surface area contributed by atoms with Crippen LogP contribution in [-0.2, 0) is 9.59 Å². The third kappa shape index (κ3) is 3.77. The van der Waals surface area contributed by atoms with E-state index in [1.165, 1.54) is 7.05 Å². The second-order valence-electron chi connectivity index (χ2n) is 6.00. The Morgan fingerprint density at radius 2 is 1.81 bits per heavy atom. The number of amides is 3. The van der Waals surface area contributed by atoms with Crippen molar-refractivity contribution in [2.24, 2.45) is 5.92 Å². The molecule has 0 spiro atoms. The van der Waals surface area contributed by atoms with Crippen molar-refractivity contribution in [1.82, 2.24) is 5.32 Å². The van der Waals surface area contributed by atoms with Gasteiger partial charge in [-0.25, -0.2) is 0 Å². The molecule has 0 aliphatic carbocycles. The largest absolute Gasteiger partial charge is 0.355 e. The molecule has 1 aliphatic heterocycles. The maximum absolute atomic E-state index is 12.6. The van der Waals surface area contributed by atoms with Crippen molar-refractivity contribution < 1.29 is 14.4 Å². The summed E-state index contributed by atoms with van der Waals surface area (Å²) in [5.41, 5.74) is 1.59. The fraction of sp³-hybridized carbons (Fsp3) is 0.211. The lowest BCUT2D eigenvalue weighted by Crippen LogP contribution is -2.29. The monoisotopic (exact) mass is 415 g/mol. The van der Waals surface area contributed by atoms with Gasteiger partial charge in [-0.15, -0.1) is 0 Å². The maximum atomic E-state index is 12.6. The summed E-state index contributed by atoms with van der Waals surface area (Å²) in [7, 11) is 1.53. The van der Waals surface area contributed by atoms with Crippen LogP contribution < -0.4 is 15.5 Å². The molecule has 7 heteroatoms. The Morgan fingerprint density at radius 3 is 2.50 bits per heavy atom. The number of hydrogen-bond acceptors (Lipinski definition) is 3. The summed E-state index contributed by atoms with van der Waals surface area (Å²) in [6.07, 6.45) is 0.143. The van der Waals surface area contributed by atoms with Crippen LogP contribution in [0.4, 0.5) is 11.4 Å². The van der Waals surface area contributed by atoms with Gasteiger partial charge in [0.2, 0.25) is 11.8 Å². The topological polar surface area (TPSA) is 78.5 Å². The first-order valence-corrected chi connectivity index (χ1v) is 8.97. The molecule has 6 nitrogen and oxygen atoms in total. The van der Waals surface area contributed by atoms with E-state index in [2.05, 4.69) is 26.6 Å². The molecule has 0 radical (unpaired) electrons. The van der Waals surface area contributed by atoms with Crippen LogP contribution in [0.2, 0.25) is 0 Å². The predicted octanol–water partition coefficient (Wildman–Crippen LogP) is 2.80. The number of nitrogens with one attached hydrogen (secondary N) is 2. The number of nitrogens with zero attached hydrogens (tertiary/aromatic N) is 1. The van der Waals surface area contributed by atoms with Crippen LogP contribution in [0.1, 0.15) is 16.8 Å². The van der Waals surface area contributed by atoms with Crippen LogP contribution in [0.15, 0.2) is 53.0 Å². The number of carbonyl (C=O) groups excluding carboxylic acids is 3. The molecule has 1 saturated heterocycles. The van der Waals surface area contributed by atoms with E-state index in [9.17, 15) is 14.4 Å². The zero-order valence-corrected chi connectivity index (χ0v) is 15.7. The number of halogens is 1. The molecule has 0 saturated carbocycles. The minimum absolute atomic E-state index is 0.0907. The van der Waals surface area contributed by atoms with E-state index in [4.69, 9.17) is 0 Å². The van der Waals surface area contributed by atoms with E-state index in [0.717, 1.165) is 10.2 Å². The summed E-state index contributed by atoms with van der Waals surface area (Å²) in [4.78, 5) is 38.5. The van der Waals surface area contributed by atoms with Crippen LogP contribution in [0.3, 0.4) is 0 Å². The van der Waals surface area contributed by atoms with Crippen LogP contribution in [0.25, 0.3) is 0 Å². The Hall–Kier alpha value is -2.67. The van der Waals surface area contributed by atoms with Gasteiger partial charge in [0.1, 0.15) is 0 Å². The number of hydrogen-bond donors (Lipinski definition) is 2. The van der Waals surface area contributed by atoms with Gasteiger partial charge in [0.25, 0.3) is 5.91 Å². The SMILES string of the molecule is CNC(=O)c1ccccc1NC(=O)[C@@H]1CC(=O)N(c2ccc(Br)cc2)C1. The summed E-state index contributed by atoms with van der Waals surface area (Å²) < 4.78 is 0.924. The molecule has 1 fully saturated rings. The molecule has 1 heterocycles. The zero-order chi connectivity index (χ0) is 18.7. The average molecular weight is 416 g/mol. The zero-order valence-electron chi connectivity index (χ0n) is 14.2. The Balaban J connectivity index is 1.73. The first-order valence-electron chi connectivity index (χ1n) is 8.17. The number of para-hydroxylation sites is 1. The van der Waals surface area contributed by atoms with Crippen molar-refractivity contribution in [2.75, 3.05) is 23.8 Å². The van der Waals surface area contributed by atoms with Gasteiger partial charge in [-0.1, -0.05) is 28.1 Å². The highest BCUT2D eigenvalue weighted by atomic mass is 79.9. The molecule has 134 valence electrons. The molecule has 2 aromatic rings. The smallest absolute Gasteiger partial charge is 0.253 e. The van der Waals surface area contributed by atoms with Crippen molar-refractivity contribution in [2.45, 2.75) is 6.42 Å². The van der Waals surface area contributed by atoms with Gasteiger partial charge in [-0.2, -0.15) is 0 Å². The normalized spacial score (nSPS) is 16.5. The van der Waals surface area contributed by atoms with E-state index < -0.39 is 5.92 Å². The summed E-state index contributed by atoms with van der Waals surface area (Å²) in [6, 6.07) is 14.2. The second-order valence-corrected chi connectivity index (χ2v) is 6.91. The van der Waals surface area contributed by atoms with E-state index in [1.54, 1.807) is 29.2 Å². The second kappa shape index (κ2) is 7.70. The van der Waals surface area contributed by atoms with E-state index in [1.807, 2.05) is 24.3 Å². The third-order valence-electron chi connectivity index (χ3n) is 4.29. The van der Waals surface area contributed by atoms with E-state index >= 15 is 0 Å². The van der Waals surface area contributed by atoms with Crippen molar-refractivity contribution in [3.05, 3.63) is 58.6 Å². The molecule has 0 bridgehead atoms. The van der Waals surface area contributed by atoms with Crippen molar-refractivity contribution in [3.63, 3.8) is 0 Å². The van der Waals surface area contributed by atoms with Gasteiger partial charge in [-0.05, 0) is 36.4 Å². The molecule has 0 unspecified atom stereocenters. The molecule has 1 aliphatic rings. The fourth-order valence-corrected chi connectivity index (χ4v) is 3.18. The number of benzene rings is 2. The van der Waals surface area contributed by atoms with Crippen molar-refractivity contribution in [1.29, 1.82) is 0 Å². The molecule has 1 atom stereocenters. The molecule has 3 rings (SSSR count). The Labute approximate surface area is 159 Å². The summed E-state index contributed by atoms with van der Waals surface area (Å²) in [6.45, 7) is 0.314. The first kappa shape index (κ1) is 18.1. The quantitative estimate of drug-likeness (QED) is 0.805. The van der Waals surface area contributed by atoms with Crippen LogP contribution in [0, 0.1) is 5.92 Å². The molecule has 0 aromatic heterocycles. The predicted molar refractivity (Wildman–Crippen MR) is 103 cm³/mol. The number of carbonyl (C=O) groups is 3. The molecular formula is C19H18BrN3O3. The standard InChI is InChI=1S/C19H18BrN3O3/c1-21-19(26)15-4-2-3-5-16(15)22-18(25)12-10-17(24)23(11-12)14-8-6-13(20)7-9-14/h2-9,12H,10-11H2,1H3,(H,21,26)(H,22,25)/t12-/m1/s1. The average Bonchev–Trinajstić information content (AvgIpc) is 3.04. The minimum atomic E-state index is -0.469. The van der Waals surface area contributed by atoms with Crippen molar-refractivity contribution in [3.8, 4) is 0 Å². The van der Waals surface area contributed by atoms with Gasteiger partial charge in [0.05, 0.1) is 17.2 Å². The number of anilines is 2. The highest BCUT2D eigenvalue weighted by Gasteiger charge is 2.35. The molecule has 26 heavy (non-hydrogen) atoms. The van der Waals surface area contributed by atoms with Crippen LogP contribution >= 0.6 is 15.9 Å². The highest BCUT2D eigenvalue weighted by molar-refractivity contribution is 9.10. The van der Waals surface area contributed by atoms with Crippen LogP contribution in [0.5, 0.6) is 0 Å². The minimum Gasteiger partial charge on any atom is -0.355 e. The Morgan fingerprint density at radius 1 is 1.12 bits per heavy atom. The van der Waals surface area contributed by atoms with Gasteiger partial charge in [-0.3, -0.25) is 14.4 Å².